The van der Waals surface area contributed by atoms with E-state index in [0.717, 1.165) is 28.1 Å². The Morgan fingerprint density at radius 1 is 0.906 bits per heavy atom. The van der Waals surface area contributed by atoms with Crippen LogP contribution in [0, 0.1) is 10.8 Å². The second kappa shape index (κ2) is 18.6. The van der Waals surface area contributed by atoms with Crippen molar-refractivity contribution in [2.75, 3.05) is 24.8 Å². The van der Waals surface area contributed by atoms with Gasteiger partial charge in [0.1, 0.15) is 12.1 Å². The van der Waals surface area contributed by atoms with Crippen LogP contribution in [0.25, 0.3) is 10.8 Å². The number of hydrogen-bond acceptors (Lipinski definition) is 11. The average Bonchev–Trinajstić information content (AvgIpc) is 3.06. The van der Waals surface area contributed by atoms with Crippen molar-refractivity contribution >= 4 is 60.9 Å². The van der Waals surface area contributed by atoms with Gasteiger partial charge in [-0.25, -0.2) is 0 Å². The van der Waals surface area contributed by atoms with Crippen molar-refractivity contribution in [3.8, 4) is 0 Å². The molecule has 0 radical (unpaired) electrons. The van der Waals surface area contributed by atoms with E-state index >= 15 is 0 Å². The standard InChI is InChI=1S/C38H54N3O10PS/c1-35(2,3)33(45)48-24-49-38(51-52-47,50-34(46)36(4,5)6)23-53-22-30(42)41-19-13-12-16-29(41)32(44)39-28(31(43)40-37(7,8)9)21-25-17-18-26-14-10-11-15-27(26)20-25/h10-11,14-15,17-18,20,28-29,52H,12-13,16,19,21-24H2,1-9H3,(H-,39,40,43,44)/p+1. The molecule has 0 bridgehead atoms. The molecule has 53 heavy (non-hydrogen) atoms. The monoisotopic (exact) mass is 776 g/mol. The van der Waals surface area contributed by atoms with Gasteiger partial charge in [-0.3, -0.25) is 28.7 Å². The van der Waals surface area contributed by atoms with E-state index in [1.54, 1.807) is 41.5 Å². The van der Waals surface area contributed by atoms with Gasteiger partial charge in [-0.05, 0) is 102 Å². The van der Waals surface area contributed by atoms with Crippen molar-refractivity contribution in [1.82, 2.24) is 15.5 Å². The third-order valence-electron chi connectivity index (χ3n) is 8.15. The Labute approximate surface area is 318 Å². The van der Waals surface area contributed by atoms with Crippen molar-refractivity contribution in [3.63, 3.8) is 0 Å². The number of amides is 3. The number of likely N-dealkylation sites (tertiary alicyclic amines) is 1. The highest BCUT2D eigenvalue weighted by Crippen LogP contribution is 2.31. The lowest BCUT2D eigenvalue weighted by Gasteiger charge is -2.36. The first-order valence-electron chi connectivity index (χ1n) is 17.7. The number of carbonyl (C=O) groups is 5. The summed E-state index contributed by atoms with van der Waals surface area (Å²) in [5.74, 6) is -5.23. The molecule has 0 saturated carbocycles. The minimum Gasteiger partial charge on any atom is -0.438 e. The molecule has 2 N–H and O–H groups in total. The molecule has 1 aliphatic rings. The van der Waals surface area contributed by atoms with E-state index in [1.165, 1.54) is 4.90 Å². The van der Waals surface area contributed by atoms with Crippen LogP contribution in [0.15, 0.2) is 42.5 Å². The van der Waals surface area contributed by atoms with Crippen molar-refractivity contribution in [2.45, 2.75) is 112 Å². The Balaban J connectivity index is 1.76. The van der Waals surface area contributed by atoms with Crippen molar-refractivity contribution in [3.05, 3.63) is 48.0 Å². The molecule has 1 saturated heterocycles. The van der Waals surface area contributed by atoms with Crippen LogP contribution in [0.3, 0.4) is 0 Å². The lowest BCUT2D eigenvalue weighted by atomic mass is 9.97. The highest BCUT2D eigenvalue weighted by atomic mass is 32.2. The van der Waals surface area contributed by atoms with Crippen molar-refractivity contribution < 1.29 is 47.3 Å². The van der Waals surface area contributed by atoms with E-state index in [-0.39, 0.29) is 29.7 Å². The van der Waals surface area contributed by atoms with Crippen LogP contribution in [-0.4, -0.2) is 83.0 Å². The fourth-order valence-electron chi connectivity index (χ4n) is 5.31. The number of nitrogens with one attached hydrogen (secondary N) is 2. The number of esters is 2. The lowest BCUT2D eigenvalue weighted by Crippen LogP contribution is -2.58. The Kier molecular flexibility index (Phi) is 15.4. The minimum atomic E-state index is -2.25. The van der Waals surface area contributed by atoms with Gasteiger partial charge in [0.05, 0.1) is 22.3 Å². The molecule has 4 atom stereocenters. The molecule has 3 rings (SSSR count). The van der Waals surface area contributed by atoms with E-state index < -0.39 is 67.8 Å². The molecule has 1 fully saturated rings. The highest BCUT2D eigenvalue weighted by molar-refractivity contribution is 8.00. The molecule has 15 heteroatoms. The number of piperidine rings is 1. The largest absolute Gasteiger partial charge is 0.500 e. The zero-order valence-corrected chi connectivity index (χ0v) is 34.1. The topological polar surface area (TPSA) is 167 Å². The Hall–Kier alpha value is -3.58. The summed E-state index contributed by atoms with van der Waals surface area (Å²) < 4.78 is 33.4. The van der Waals surface area contributed by atoms with Gasteiger partial charge in [0.15, 0.2) is 6.79 Å². The van der Waals surface area contributed by atoms with Gasteiger partial charge in [0.25, 0.3) is 0 Å². The maximum Gasteiger partial charge on any atom is 0.500 e. The quantitative estimate of drug-likeness (QED) is 0.130. The molecular formula is C38H55N3O10PS+. The van der Waals surface area contributed by atoms with Crippen LogP contribution in [0.4, 0.5) is 0 Å². The highest BCUT2D eigenvalue weighted by Gasteiger charge is 2.46. The summed E-state index contributed by atoms with van der Waals surface area (Å²) in [5.41, 5.74) is -1.52. The van der Waals surface area contributed by atoms with Crippen LogP contribution >= 0.6 is 20.4 Å². The third-order valence-corrected chi connectivity index (χ3v) is 9.56. The van der Waals surface area contributed by atoms with Gasteiger partial charge in [-0.2, -0.15) is 0 Å². The number of ether oxygens (including phenoxy) is 3. The van der Waals surface area contributed by atoms with Crippen LogP contribution in [0.1, 0.15) is 87.1 Å². The molecule has 292 valence electrons. The molecule has 2 aromatic rings. The number of nitrogens with zero attached hydrogens (tertiary/aromatic N) is 1. The van der Waals surface area contributed by atoms with E-state index in [2.05, 4.69) is 10.6 Å². The molecule has 1 aliphatic heterocycles. The van der Waals surface area contributed by atoms with Crippen LogP contribution in [-0.2, 0) is 53.7 Å². The smallest absolute Gasteiger partial charge is 0.438 e. The number of carbonyl (C=O) groups excluding carboxylic acids is 5. The molecule has 0 aromatic heterocycles. The van der Waals surface area contributed by atoms with E-state index in [4.69, 9.17) is 18.7 Å². The number of thioether (sulfide) groups is 1. The van der Waals surface area contributed by atoms with Gasteiger partial charge in [0, 0.05) is 18.5 Å². The summed E-state index contributed by atoms with van der Waals surface area (Å²) in [6.45, 7) is 15.0. The maximum atomic E-state index is 13.9. The fraction of sp³-hybridized carbons (Fsp3) is 0.605. The summed E-state index contributed by atoms with van der Waals surface area (Å²) >= 11 is 0.971. The molecule has 0 aliphatic carbocycles. The van der Waals surface area contributed by atoms with Gasteiger partial charge < -0.3 is 25.0 Å². The molecule has 4 unspecified atom stereocenters. The summed E-state index contributed by atoms with van der Waals surface area (Å²) in [6.07, 6.45) is 2.04. The molecule has 13 nitrogen and oxygen atoms in total. The fourth-order valence-corrected chi connectivity index (χ4v) is 6.61. The molecule has 0 spiro atoms. The molecular weight excluding hydrogens is 721 g/mol. The number of benzene rings is 2. The first-order chi connectivity index (χ1) is 24.6. The average molecular weight is 777 g/mol. The predicted molar refractivity (Wildman–Crippen MR) is 204 cm³/mol. The van der Waals surface area contributed by atoms with E-state index in [9.17, 15) is 28.5 Å². The molecule has 1 heterocycles. The molecule has 2 aromatic carbocycles. The SMILES string of the molecule is CC(C)(C)NC(=O)C(Cc1ccc2ccccc2c1)NC(=O)C1CCCCN1C(=O)CSCC(OCOC(=O)C(C)(C)C)(O[PH+]=O)OC(=O)C(C)(C)C. The van der Waals surface area contributed by atoms with Gasteiger partial charge in [0.2, 0.25) is 17.7 Å². The zero-order chi connectivity index (χ0) is 39.6. The van der Waals surface area contributed by atoms with Crippen LogP contribution in [0.2, 0.25) is 0 Å². The molecule has 3 amide bonds. The van der Waals surface area contributed by atoms with E-state index in [1.807, 2.05) is 63.2 Å². The Morgan fingerprint density at radius 2 is 1.57 bits per heavy atom. The Bertz CT molecular complexity index is 1630. The second-order valence-corrected chi connectivity index (χ2v) is 17.6. The maximum absolute atomic E-state index is 13.9. The van der Waals surface area contributed by atoms with Crippen molar-refractivity contribution in [2.24, 2.45) is 10.8 Å². The number of fused-ring (bicyclic) bond motifs is 1. The summed E-state index contributed by atoms with van der Waals surface area (Å²) in [6, 6.07) is 12.1. The summed E-state index contributed by atoms with van der Waals surface area (Å²) in [4.78, 5) is 67.9. The van der Waals surface area contributed by atoms with Gasteiger partial charge >= 0.3 is 26.6 Å². The van der Waals surface area contributed by atoms with Crippen LogP contribution in [0.5, 0.6) is 0 Å². The third kappa shape index (κ3) is 13.7. The van der Waals surface area contributed by atoms with Crippen molar-refractivity contribution in [1.29, 1.82) is 0 Å². The number of hydrogen-bond donors (Lipinski definition) is 2. The van der Waals surface area contributed by atoms with Gasteiger partial charge in [-0.1, -0.05) is 47.0 Å². The normalized spacial score (nSPS) is 17.1. The first-order valence-corrected chi connectivity index (χ1v) is 19.7. The van der Waals surface area contributed by atoms with Crippen LogP contribution < -0.4 is 10.6 Å². The lowest BCUT2D eigenvalue weighted by molar-refractivity contribution is -0.332. The minimum absolute atomic E-state index is 0.180. The van der Waals surface area contributed by atoms with E-state index in [0.29, 0.717) is 25.8 Å². The summed E-state index contributed by atoms with van der Waals surface area (Å²) in [7, 11) is -1.42. The van der Waals surface area contributed by atoms with Gasteiger partial charge in [-0.15, -0.1) is 11.8 Å². The summed E-state index contributed by atoms with van der Waals surface area (Å²) in [5, 5.41) is 7.99. The predicted octanol–water partition coefficient (Wildman–Crippen LogP) is 5.66. The Morgan fingerprint density at radius 3 is 2.19 bits per heavy atom. The second-order valence-electron chi connectivity index (χ2n) is 16.2. The zero-order valence-electron chi connectivity index (χ0n) is 32.3. The first kappa shape index (κ1) is 43.8. The number of rotatable bonds is 15.